The molecular formula is C77H94Br2N6O14. The van der Waals surface area contributed by atoms with E-state index in [-0.39, 0.29) is 76.2 Å². The number of carboxylic acid groups (broad SMARTS) is 3. The number of esters is 1. The van der Waals surface area contributed by atoms with Crippen molar-refractivity contribution >= 4 is 69.2 Å². The normalized spacial score (nSPS) is 12.7. The van der Waals surface area contributed by atoms with Gasteiger partial charge < -0.3 is 87.5 Å². The molecule has 5 aromatic heterocycles. The van der Waals surface area contributed by atoms with Gasteiger partial charge in [0.15, 0.2) is 43.5 Å². The zero-order valence-corrected chi connectivity index (χ0v) is 60.6. The predicted molar refractivity (Wildman–Crippen MR) is 371 cm³/mol. The number of phenolic OH excluding ortho intramolecular Hbond substituents is 1. The number of carbonyl (C=O) groups excluding carboxylic acids is 3. The van der Waals surface area contributed by atoms with E-state index in [1.54, 1.807) is 19.1 Å². The van der Waals surface area contributed by atoms with Crippen LogP contribution in [-0.2, 0) is 69.2 Å². The standard InChI is InChI=1S/2C25H28N2O4.C15H21NO4.C12H15NO2.2BrH/c2*1-2-27-12-6-7-19-15-20-16-21(25(30)31-23(20)17-22(19)27)18-9-13-26(14-10-18)11-5-3-4-8-24(28)29;1-2-20-15(19)12-13-7-10-16(11-8-13)9-5-3-4-6-14(17)18;1-2-13-5-3-4-9-6-10(8-14)12(15)7-11(9)13;;/h2*9-10,13-17H,2-8,11-12H2,1H3;7-8,10-11H,2-6,9,12H2,1H3;6-8,15H,2-5H2,1H3;2*1H. The van der Waals surface area contributed by atoms with Gasteiger partial charge in [-0.3, -0.25) is 19.2 Å². The predicted octanol–water partition coefficient (Wildman–Crippen LogP) is 4.71. The first-order valence-electron chi connectivity index (χ1n) is 34.5. The molecule has 530 valence electrons. The van der Waals surface area contributed by atoms with Crippen molar-refractivity contribution in [2.45, 2.75) is 169 Å². The van der Waals surface area contributed by atoms with Crippen LogP contribution in [0.2, 0.25) is 0 Å². The summed E-state index contributed by atoms with van der Waals surface area (Å²) in [5.74, 6) is -2.59. The van der Waals surface area contributed by atoms with Crippen LogP contribution in [0.3, 0.4) is 0 Å². The molecule has 0 unspecified atom stereocenters. The molecule has 22 heteroatoms. The second kappa shape index (κ2) is 40.3. The number of nitrogens with zero attached hydrogens (tertiary/aromatic N) is 6. The van der Waals surface area contributed by atoms with Crippen LogP contribution in [-0.4, -0.2) is 91.4 Å². The van der Waals surface area contributed by atoms with E-state index < -0.39 is 17.9 Å². The third-order valence-electron chi connectivity index (χ3n) is 17.9. The molecule has 3 aliphatic heterocycles. The Morgan fingerprint density at radius 2 is 0.909 bits per heavy atom. The lowest BCUT2D eigenvalue weighted by Gasteiger charge is -2.30. The van der Waals surface area contributed by atoms with Gasteiger partial charge in [0.2, 0.25) is 0 Å². The number of fused-ring (bicyclic) bond motifs is 5. The number of carbonyl (C=O) groups is 5. The second-order valence-corrected chi connectivity index (χ2v) is 24.8. The van der Waals surface area contributed by atoms with Gasteiger partial charge in [-0.2, -0.15) is 0 Å². The fourth-order valence-corrected chi connectivity index (χ4v) is 12.7. The van der Waals surface area contributed by atoms with Gasteiger partial charge in [-0.1, -0.05) is 0 Å². The van der Waals surface area contributed by atoms with E-state index in [0.717, 1.165) is 176 Å². The van der Waals surface area contributed by atoms with E-state index in [1.807, 2.05) is 107 Å². The Kier molecular flexibility index (Phi) is 32.3. The Morgan fingerprint density at radius 3 is 1.28 bits per heavy atom. The summed E-state index contributed by atoms with van der Waals surface area (Å²) in [7, 11) is 0. The topological polar surface area (TPSA) is 260 Å². The summed E-state index contributed by atoms with van der Waals surface area (Å²) in [6.45, 7) is 17.0. The summed E-state index contributed by atoms with van der Waals surface area (Å²) in [5.41, 5.74) is 12.0. The van der Waals surface area contributed by atoms with Crippen molar-refractivity contribution in [3.63, 3.8) is 0 Å². The highest BCUT2D eigenvalue weighted by molar-refractivity contribution is 5.88. The molecule has 99 heavy (non-hydrogen) atoms. The number of hydrogen-bond donors (Lipinski definition) is 3. The quantitative estimate of drug-likeness (QED) is 0.0207. The first-order valence-corrected chi connectivity index (χ1v) is 34.5. The van der Waals surface area contributed by atoms with Crippen LogP contribution in [0.25, 0.3) is 44.2 Å². The first kappa shape index (κ1) is 79.2. The van der Waals surface area contributed by atoms with Crippen molar-refractivity contribution < 1.29 is 106 Å². The maximum Gasteiger partial charge on any atom is 0.344 e. The number of aromatic nitrogens is 3. The minimum absolute atomic E-state index is 0. The molecule has 0 fully saturated rings. The van der Waals surface area contributed by atoms with Gasteiger partial charge in [-0.15, -0.1) is 0 Å². The molecule has 0 spiro atoms. The average Bonchev–Trinajstić information content (AvgIpc) is 0.784. The Labute approximate surface area is 600 Å². The van der Waals surface area contributed by atoms with Crippen LogP contribution in [0.5, 0.6) is 5.75 Å². The first-order chi connectivity index (χ1) is 47.0. The molecule has 20 nitrogen and oxygen atoms in total. The van der Waals surface area contributed by atoms with Crippen LogP contribution in [0.15, 0.2) is 141 Å². The smallest absolute Gasteiger partial charge is 0.344 e. The summed E-state index contributed by atoms with van der Waals surface area (Å²) >= 11 is 0. The molecule has 0 aliphatic carbocycles. The van der Waals surface area contributed by atoms with Gasteiger partial charge in [-0.05, 0) is 164 Å². The summed E-state index contributed by atoms with van der Waals surface area (Å²) in [6.07, 6.45) is 27.2. The molecule has 8 heterocycles. The van der Waals surface area contributed by atoms with Crippen LogP contribution in [0.1, 0.15) is 157 Å². The Hall–Kier alpha value is -8.76. The highest BCUT2D eigenvalue weighted by Gasteiger charge is 2.22. The molecule has 11 rings (SSSR count). The number of anilines is 3. The maximum atomic E-state index is 12.7. The highest BCUT2D eigenvalue weighted by Crippen LogP contribution is 2.35. The SMILES string of the molecule is CCN1CCCc2cc(C=O)c(O)cc21.CCN1CCCc2cc3cc(-c4cc[n+](CCCCCC(=O)O)cc4)c(=O)oc3cc21.CCN1CCCc2cc3cc(-c4cc[n+](CCCCCC(=O)[O-])cc4)c(=O)oc3cc21.CCOC(=O)Cc1cc[n+](CCCCCC(=O)O)cc1.[Br-].[Br-]. The van der Waals surface area contributed by atoms with E-state index >= 15 is 0 Å². The summed E-state index contributed by atoms with van der Waals surface area (Å²) in [6, 6.07) is 27.3. The van der Waals surface area contributed by atoms with Crippen molar-refractivity contribution in [3.8, 4) is 28.0 Å². The number of rotatable bonds is 27. The second-order valence-electron chi connectivity index (χ2n) is 24.8. The number of hydrogen-bond acceptors (Lipinski definition) is 15. The van der Waals surface area contributed by atoms with Gasteiger partial charge in [-0.25, -0.2) is 23.3 Å². The van der Waals surface area contributed by atoms with E-state index in [9.17, 15) is 43.8 Å². The highest BCUT2D eigenvalue weighted by atomic mass is 79.9. The Bertz CT molecular complexity index is 3910. The Balaban J connectivity index is 0.000000214. The van der Waals surface area contributed by atoms with Crippen molar-refractivity contribution in [1.29, 1.82) is 0 Å². The zero-order valence-electron chi connectivity index (χ0n) is 57.4. The number of aromatic hydroxyl groups is 1. The van der Waals surface area contributed by atoms with E-state index in [0.29, 0.717) is 60.0 Å². The molecule has 0 radical (unpaired) electrons. The monoisotopic (exact) mass is 1480 g/mol. The van der Waals surface area contributed by atoms with Gasteiger partial charge in [0, 0.05) is 171 Å². The summed E-state index contributed by atoms with van der Waals surface area (Å²) in [5, 5.41) is 39.2. The van der Waals surface area contributed by atoms with Crippen molar-refractivity contribution in [1.82, 2.24) is 0 Å². The number of phenols is 1. The minimum atomic E-state index is -0.991. The van der Waals surface area contributed by atoms with E-state index in [2.05, 4.69) is 52.2 Å². The van der Waals surface area contributed by atoms with Crippen LogP contribution in [0.4, 0.5) is 17.1 Å². The number of ether oxygens (including phenoxy) is 1. The summed E-state index contributed by atoms with van der Waals surface area (Å²) < 4.78 is 22.4. The van der Waals surface area contributed by atoms with E-state index in [4.69, 9.17) is 23.8 Å². The molecular weight excluding hydrogens is 1390 g/mol. The fraction of sp³-hybridized carbons (Fsp3) is 0.429. The average molecular weight is 1490 g/mol. The van der Waals surface area contributed by atoms with Crippen LogP contribution < -0.4 is 78.7 Å². The third kappa shape index (κ3) is 23.4. The zero-order chi connectivity index (χ0) is 69.2. The molecule has 0 saturated carbocycles. The molecule has 0 amide bonds. The van der Waals surface area contributed by atoms with Crippen molar-refractivity contribution in [2.24, 2.45) is 0 Å². The molecule has 0 saturated heterocycles. The number of unbranched alkanes of at least 4 members (excludes halogenated alkanes) is 6. The number of aliphatic carboxylic acids is 3. The fourth-order valence-electron chi connectivity index (χ4n) is 12.7. The van der Waals surface area contributed by atoms with Crippen molar-refractivity contribution in [2.75, 3.05) is 60.6 Å². The maximum absolute atomic E-state index is 12.7. The lowest BCUT2D eigenvalue weighted by atomic mass is 9.98. The number of benzene rings is 3. The number of carboxylic acids is 3. The summed E-state index contributed by atoms with van der Waals surface area (Å²) in [4.78, 5) is 85.7. The lowest BCUT2D eigenvalue weighted by molar-refractivity contribution is -0.697. The molecule has 8 aromatic rings. The minimum Gasteiger partial charge on any atom is -1.00 e. The lowest BCUT2D eigenvalue weighted by Crippen LogP contribution is -3.00. The number of aldehydes is 1. The number of pyridine rings is 3. The van der Waals surface area contributed by atoms with E-state index in [1.165, 1.54) is 28.1 Å². The Morgan fingerprint density at radius 1 is 0.525 bits per heavy atom. The number of halogens is 2. The number of aryl methyl sites for hydroxylation is 6. The molecule has 3 aliphatic rings. The molecule has 3 aromatic carbocycles. The van der Waals surface area contributed by atoms with Crippen LogP contribution >= 0.6 is 0 Å². The largest absolute Gasteiger partial charge is 1.00 e. The van der Waals surface area contributed by atoms with Gasteiger partial charge >= 0.3 is 29.2 Å². The molecule has 0 atom stereocenters. The molecule has 0 bridgehead atoms. The van der Waals surface area contributed by atoms with Gasteiger partial charge in [0.25, 0.3) is 0 Å². The van der Waals surface area contributed by atoms with Gasteiger partial charge in [0.05, 0.1) is 29.7 Å². The van der Waals surface area contributed by atoms with Crippen molar-refractivity contribution in [3.05, 3.63) is 171 Å². The molecule has 3 N–H and O–H groups in total. The van der Waals surface area contributed by atoms with Gasteiger partial charge in [0.1, 0.15) is 36.5 Å². The third-order valence-corrected chi connectivity index (χ3v) is 17.9. The van der Waals surface area contributed by atoms with Crippen LogP contribution in [0, 0.1) is 0 Å².